The first-order valence-electron chi connectivity index (χ1n) is 7.55. The summed E-state index contributed by atoms with van der Waals surface area (Å²) in [6.45, 7) is 3.88. The molecule has 6 nitrogen and oxygen atoms in total. The molecule has 3 rings (SSSR count). The van der Waals surface area contributed by atoms with Crippen LogP contribution in [0.5, 0.6) is 11.5 Å². The molecule has 0 radical (unpaired) electrons. The van der Waals surface area contributed by atoms with Gasteiger partial charge in [-0.15, -0.1) is 5.69 Å². The van der Waals surface area contributed by atoms with Crippen molar-refractivity contribution in [2.75, 3.05) is 19.5 Å². The van der Waals surface area contributed by atoms with Crippen LogP contribution in [0.4, 0.5) is 11.4 Å². The SMILES string of the molecule is COc1ccc2c(c1)NC([S@](=O)Cc1ncc(C)c(OC)c1C)[N-]2.[Na+]. The Morgan fingerprint density at radius 3 is 2.72 bits per heavy atom. The Morgan fingerprint density at radius 1 is 1.28 bits per heavy atom. The summed E-state index contributed by atoms with van der Waals surface area (Å²) < 4.78 is 23.3. The Kier molecular flexibility index (Phi) is 6.73. The molecule has 0 amide bonds. The van der Waals surface area contributed by atoms with Crippen LogP contribution in [0.2, 0.25) is 0 Å². The largest absolute Gasteiger partial charge is 1.00 e. The number of ether oxygens (including phenoxy) is 2. The molecular weight excluding hydrogens is 349 g/mol. The summed E-state index contributed by atoms with van der Waals surface area (Å²) in [7, 11) is 2.00. The topological polar surface area (TPSA) is 74.6 Å². The summed E-state index contributed by atoms with van der Waals surface area (Å²) in [6.07, 6.45) is 1.75. The van der Waals surface area contributed by atoms with Gasteiger partial charge in [0.15, 0.2) is 0 Å². The zero-order chi connectivity index (χ0) is 17.3. The molecule has 2 heterocycles. The fourth-order valence-corrected chi connectivity index (χ4v) is 3.92. The van der Waals surface area contributed by atoms with Crippen molar-refractivity contribution < 1.29 is 43.2 Å². The molecule has 1 aliphatic rings. The van der Waals surface area contributed by atoms with Gasteiger partial charge in [-0.2, -0.15) is 0 Å². The summed E-state index contributed by atoms with van der Waals surface area (Å²) in [6, 6.07) is 5.55. The minimum atomic E-state index is -1.24. The Bertz CT molecular complexity index is 801. The summed E-state index contributed by atoms with van der Waals surface area (Å²) in [5.41, 5.74) is 3.79. The molecule has 0 saturated heterocycles. The first-order valence-corrected chi connectivity index (χ1v) is 8.93. The normalized spacial score (nSPS) is 16.1. The molecule has 0 aliphatic carbocycles. The molecule has 2 atom stereocenters. The van der Waals surface area contributed by atoms with E-state index in [0.717, 1.165) is 39.7 Å². The Hall–Kier alpha value is -1.28. The van der Waals surface area contributed by atoms with Crippen LogP contribution in [0.25, 0.3) is 5.32 Å². The molecule has 0 spiro atoms. The van der Waals surface area contributed by atoms with Gasteiger partial charge in [0.25, 0.3) is 0 Å². The minimum absolute atomic E-state index is 0. The van der Waals surface area contributed by atoms with Crippen molar-refractivity contribution in [1.29, 1.82) is 0 Å². The van der Waals surface area contributed by atoms with E-state index in [4.69, 9.17) is 9.47 Å². The van der Waals surface area contributed by atoms with Crippen LogP contribution in [-0.2, 0) is 16.6 Å². The Balaban J connectivity index is 0.00000225. The van der Waals surface area contributed by atoms with Crippen molar-refractivity contribution in [3.8, 4) is 11.5 Å². The van der Waals surface area contributed by atoms with Gasteiger partial charge in [0.05, 0.1) is 25.7 Å². The molecule has 25 heavy (non-hydrogen) atoms. The Labute approximate surface area is 172 Å². The molecule has 0 saturated carbocycles. The van der Waals surface area contributed by atoms with Gasteiger partial charge < -0.3 is 20.1 Å². The number of benzene rings is 1. The van der Waals surface area contributed by atoms with Gasteiger partial charge in [0.1, 0.15) is 11.5 Å². The van der Waals surface area contributed by atoms with Crippen molar-refractivity contribution in [2.45, 2.75) is 25.1 Å². The van der Waals surface area contributed by atoms with Gasteiger partial charge in [0.2, 0.25) is 0 Å². The standard InChI is InChI=1S/C17H20N3O3S.Na/c1-10-8-18-15(11(2)16(10)23-4)9-24(21)17-19-13-6-5-12(22-3)7-14(13)20-17;/h5-8,17,20H,9H2,1-4H3;/q-1;+1/t17?,24-;/m1./s1. The fourth-order valence-electron chi connectivity index (χ4n) is 2.72. The van der Waals surface area contributed by atoms with Crippen molar-refractivity contribution in [3.05, 3.63) is 46.5 Å². The van der Waals surface area contributed by atoms with Crippen LogP contribution in [0.15, 0.2) is 24.4 Å². The monoisotopic (exact) mass is 369 g/mol. The van der Waals surface area contributed by atoms with Crippen molar-refractivity contribution in [2.24, 2.45) is 0 Å². The maximum atomic E-state index is 12.7. The first-order chi connectivity index (χ1) is 11.5. The molecule has 2 aromatic rings. The van der Waals surface area contributed by atoms with Gasteiger partial charge in [0, 0.05) is 45.4 Å². The zero-order valence-corrected chi connectivity index (χ0v) is 17.9. The average Bonchev–Trinajstić information content (AvgIpc) is 3.01. The number of hydrogen-bond donors (Lipinski definition) is 1. The fraction of sp³-hybridized carbons (Fsp3) is 0.353. The van der Waals surface area contributed by atoms with Crippen molar-refractivity contribution >= 4 is 22.2 Å². The van der Waals surface area contributed by atoms with Crippen LogP contribution in [-0.4, -0.2) is 28.9 Å². The van der Waals surface area contributed by atoms with Crippen LogP contribution in [0.3, 0.4) is 0 Å². The smallest absolute Gasteiger partial charge is 0.653 e. The van der Waals surface area contributed by atoms with Gasteiger partial charge in [-0.25, -0.2) is 0 Å². The number of methoxy groups -OCH3 is 2. The molecule has 1 aromatic carbocycles. The Morgan fingerprint density at radius 2 is 2.04 bits per heavy atom. The number of nitrogens with zero attached hydrogens (tertiary/aromatic N) is 2. The zero-order valence-electron chi connectivity index (χ0n) is 15.1. The van der Waals surface area contributed by atoms with Crippen molar-refractivity contribution in [3.63, 3.8) is 0 Å². The summed E-state index contributed by atoms with van der Waals surface area (Å²) in [5, 5.41) is 7.67. The van der Waals surface area contributed by atoms with E-state index in [-0.39, 0.29) is 29.6 Å². The third-order valence-corrected chi connectivity index (χ3v) is 5.30. The molecular formula is C17H20N3NaO3S. The average molecular weight is 369 g/mol. The van der Waals surface area contributed by atoms with E-state index in [1.54, 1.807) is 20.4 Å². The number of rotatable bonds is 5. The molecule has 1 N–H and O–H groups in total. The first kappa shape index (κ1) is 20.0. The van der Waals surface area contributed by atoms with Crippen molar-refractivity contribution in [1.82, 2.24) is 4.98 Å². The van der Waals surface area contributed by atoms with Crippen LogP contribution in [0, 0.1) is 13.8 Å². The second kappa shape index (κ2) is 8.40. The quantitative estimate of drug-likeness (QED) is 0.772. The molecule has 0 bridgehead atoms. The predicted molar refractivity (Wildman–Crippen MR) is 95.5 cm³/mol. The second-order valence-electron chi connectivity index (χ2n) is 5.58. The summed E-state index contributed by atoms with van der Waals surface area (Å²) in [4.78, 5) is 4.41. The van der Waals surface area contributed by atoms with Gasteiger partial charge >= 0.3 is 29.6 Å². The number of hydrogen-bond acceptors (Lipinski definition) is 5. The van der Waals surface area contributed by atoms with Gasteiger partial charge in [-0.05, 0) is 19.9 Å². The van der Waals surface area contributed by atoms with E-state index in [2.05, 4.69) is 15.6 Å². The number of nitrogens with one attached hydrogen (secondary N) is 1. The van der Waals surface area contributed by atoms with E-state index in [9.17, 15) is 4.21 Å². The summed E-state index contributed by atoms with van der Waals surface area (Å²) >= 11 is 0. The number of anilines is 1. The molecule has 0 fully saturated rings. The maximum absolute atomic E-state index is 12.7. The number of aromatic nitrogens is 1. The van der Waals surface area contributed by atoms with E-state index >= 15 is 0 Å². The maximum Gasteiger partial charge on any atom is 1.00 e. The van der Waals surface area contributed by atoms with Crippen LogP contribution in [0.1, 0.15) is 16.8 Å². The minimum Gasteiger partial charge on any atom is -0.653 e. The van der Waals surface area contributed by atoms with E-state index in [1.165, 1.54) is 0 Å². The molecule has 128 valence electrons. The number of aryl methyl sites for hydroxylation is 1. The van der Waals surface area contributed by atoms with E-state index in [1.807, 2.05) is 32.0 Å². The second-order valence-corrected chi connectivity index (χ2v) is 7.08. The number of fused-ring (bicyclic) bond motifs is 1. The molecule has 8 heteroatoms. The molecule has 1 unspecified atom stereocenters. The number of pyridine rings is 1. The van der Waals surface area contributed by atoms with Crippen LogP contribution < -0.4 is 44.3 Å². The van der Waals surface area contributed by atoms with Crippen LogP contribution >= 0.6 is 0 Å². The summed E-state index contributed by atoms with van der Waals surface area (Å²) in [5.74, 6) is 1.85. The third-order valence-electron chi connectivity index (χ3n) is 4.02. The van der Waals surface area contributed by atoms with Gasteiger partial charge in [-0.1, -0.05) is 6.07 Å². The third kappa shape index (κ3) is 4.11. The predicted octanol–water partition coefficient (Wildman–Crippen LogP) is 0.383. The molecule has 1 aromatic heterocycles. The van der Waals surface area contributed by atoms with E-state index in [0.29, 0.717) is 5.75 Å². The molecule has 1 aliphatic heterocycles. The van der Waals surface area contributed by atoms with E-state index < -0.39 is 16.3 Å². The van der Waals surface area contributed by atoms with Gasteiger partial charge in [-0.3, -0.25) is 9.19 Å².